The molecule has 2 aromatic carbocycles. The van der Waals surface area contributed by atoms with Crippen LogP contribution in [0.4, 0.5) is 5.69 Å². The molecule has 0 fully saturated rings. The van der Waals surface area contributed by atoms with E-state index in [4.69, 9.17) is 4.55 Å². The van der Waals surface area contributed by atoms with Crippen LogP contribution in [0.2, 0.25) is 0 Å². The van der Waals surface area contributed by atoms with E-state index in [1.165, 1.54) is 22.7 Å². The molecule has 0 saturated carbocycles. The Hall–Kier alpha value is -1.50. The molecule has 0 saturated heterocycles. The summed E-state index contributed by atoms with van der Waals surface area (Å²) < 4.78 is 29.6. The summed E-state index contributed by atoms with van der Waals surface area (Å²) in [5.74, 6) is 0. The van der Waals surface area contributed by atoms with Gasteiger partial charge in [0, 0.05) is 11.4 Å². The molecule has 124 valence electrons. The van der Waals surface area contributed by atoms with E-state index in [9.17, 15) is 8.42 Å². The molecule has 1 aliphatic rings. The summed E-state index contributed by atoms with van der Waals surface area (Å²) in [6.07, 6.45) is 0. The molecule has 6 heteroatoms. The molecule has 4 nitrogen and oxygen atoms in total. The van der Waals surface area contributed by atoms with Crippen LogP contribution < -0.4 is 4.90 Å². The summed E-state index contributed by atoms with van der Waals surface area (Å²) in [6.45, 7) is 7.41. The SMILES string of the molecule is CCN1c2ccccc2SC1C.Cc1ccc(S(=O)(=O)O)cc1. The first-order chi connectivity index (χ1) is 10.8. The highest BCUT2D eigenvalue weighted by molar-refractivity contribution is 8.00. The number of thioether (sulfide) groups is 1. The normalized spacial score (nSPS) is 16.5. The summed E-state index contributed by atoms with van der Waals surface area (Å²) in [6, 6.07) is 14.6. The zero-order valence-electron chi connectivity index (χ0n) is 13.4. The van der Waals surface area contributed by atoms with Gasteiger partial charge in [-0.2, -0.15) is 8.42 Å². The van der Waals surface area contributed by atoms with Gasteiger partial charge in [-0.3, -0.25) is 4.55 Å². The number of anilines is 1. The number of aryl methyl sites for hydroxylation is 1. The van der Waals surface area contributed by atoms with E-state index in [2.05, 4.69) is 43.0 Å². The average molecular weight is 351 g/mol. The molecule has 1 aliphatic heterocycles. The lowest BCUT2D eigenvalue weighted by Gasteiger charge is -2.21. The molecule has 0 bridgehead atoms. The van der Waals surface area contributed by atoms with Crippen molar-refractivity contribution in [3.05, 3.63) is 54.1 Å². The molecule has 0 amide bonds. The van der Waals surface area contributed by atoms with Crippen molar-refractivity contribution in [2.75, 3.05) is 11.4 Å². The van der Waals surface area contributed by atoms with Crippen LogP contribution in [0.15, 0.2) is 58.3 Å². The van der Waals surface area contributed by atoms with Crippen molar-refractivity contribution in [2.45, 2.75) is 35.9 Å². The fourth-order valence-electron chi connectivity index (χ4n) is 2.38. The molecular formula is C17H21NO3S2. The molecule has 2 aromatic rings. The van der Waals surface area contributed by atoms with Crippen molar-refractivity contribution in [3.63, 3.8) is 0 Å². The van der Waals surface area contributed by atoms with Gasteiger partial charge in [0.15, 0.2) is 0 Å². The number of benzene rings is 2. The maximum atomic E-state index is 10.5. The summed E-state index contributed by atoms with van der Waals surface area (Å²) in [4.78, 5) is 3.79. The second-order valence-corrected chi connectivity index (χ2v) is 8.04. The Morgan fingerprint density at radius 2 is 1.74 bits per heavy atom. The Balaban J connectivity index is 0.000000168. The molecule has 23 heavy (non-hydrogen) atoms. The van der Waals surface area contributed by atoms with Gasteiger partial charge in [0.05, 0.1) is 16.0 Å². The standard InChI is InChI=1S/C10H13NS.C7H8O3S/c1-3-11-8(2)12-10-7-5-4-6-9(10)11;1-6-2-4-7(5-3-6)11(8,9)10/h4-8H,3H2,1-2H3;2-5H,1H3,(H,8,9,10). The van der Waals surface area contributed by atoms with E-state index in [1.807, 2.05) is 18.7 Å². The number of fused-ring (bicyclic) bond motifs is 1. The highest BCUT2D eigenvalue weighted by Gasteiger charge is 2.24. The lowest BCUT2D eigenvalue weighted by molar-refractivity contribution is 0.483. The van der Waals surface area contributed by atoms with E-state index in [0.29, 0.717) is 5.37 Å². The molecule has 0 aliphatic carbocycles. The molecule has 1 atom stereocenters. The van der Waals surface area contributed by atoms with E-state index in [-0.39, 0.29) is 4.90 Å². The van der Waals surface area contributed by atoms with Crippen LogP contribution in [-0.4, -0.2) is 24.9 Å². The van der Waals surface area contributed by atoms with Crippen molar-refractivity contribution >= 4 is 27.6 Å². The predicted molar refractivity (Wildman–Crippen MR) is 95.8 cm³/mol. The van der Waals surface area contributed by atoms with E-state index in [1.54, 1.807) is 12.1 Å². The van der Waals surface area contributed by atoms with Crippen molar-refractivity contribution in [1.29, 1.82) is 0 Å². The highest BCUT2D eigenvalue weighted by Crippen LogP contribution is 2.42. The van der Waals surface area contributed by atoms with Gasteiger partial charge in [-0.1, -0.05) is 41.6 Å². The van der Waals surface area contributed by atoms with E-state index < -0.39 is 10.1 Å². The topological polar surface area (TPSA) is 57.6 Å². The maximum absolute atomic E-state index is 10.5. The monoisotopic (exact) mass is 351 g/mol. The van der Waals surface area contributed by atoms with Crippen molar-refractivity contribution in [2.24, 2.45) is 0 Å². The molecular weight excluding hydrogens is 330 g/mol. The smallest absolute Gasteiger partial charge is 0.294 e. The minimum atomic E-state index is -4.02. The Bertz CT molecular complexity index is 758. The van der Waals surface area contributed by atoms with Crippen LogP contribution in [0.5, 0.6) is 0 Å². The zero-order chi connectivity index (χ0) is 17.0. The fourth-order valence-corrected chi connectivity index (χ4v) is 4.08. The number of rotatable bonds is 2. The van der Waals surface area contributed by atoms with Crippen LogP contribution in [0.1, 0.15) is 19.4 Å². The first-order valence-corrected chi connectivity index (χ1v) is 9.71. The van der Waals surface area contributed by atoms with Crippen molar-refractivity contribution in [1.82, 2.24) is 0 Å². The van der Waals surface area contributed by atoms with Gasteiger partial charge < -0.3 is 4.90 Å². The van der Waals surface area contributed by atoms with Gasteiger partial charge in [0.1, 0.15) is 0 Å². The van der Waals surface area contributed by atoms with Gasteiger partial charge >= 0.3 is 0 Å². The number of para-hydroxylation sites is 1. The quantitative estimate of drug-likeness (QED) is 0.822. The summed E-state index contributed by atoms with van der Waals surface area (Å²) >= 11 is 1.95. The summed E-state index contributed by atoms with van der Waals surface area (Å²) in [5, 5.41) is 0.604. The third kappa shape index (κ3) is 4.50. The average Bonchev–Trinajstić information content (AvgIpc) is 2.82. The molecule has 0 aromatic heterocycles. The third-order valence-electron chi connectivity index (χ3n) is 3.57. The van der Waals surface area contributed by atoms with Crippen LogP contribution >= 0.6 is 11.8 Å². The predicted octanol–water partition coefficient (Wildman–Crippen LogP) is 4.21. The number of hydrogen-bond acceptors (Lipinski definition) is 4. The zero-order valence-corrected chi connectivity index (χ0v) is 15.1. The summed E-state index contributed by atoms with van der Waals surface area (Å²) in [7, 11) is -4.02. The van der Waals surface area contributed by atoms with Crippen LogP contribution in [0.3, 0.4) is 0 Å². The van der Waals surface area contributed by atoms with Crippen LogP contribution in [0.25, 0.3) is 0 Å². The van der Waals surface area contributed by atoms with Crippen LogP contribution in [0, 0.1) is 6.92 Å². The molecule has 1 N–H and O–H groups in total. The first kappa shape index (κ1) is 17.8. The van der Waals surface area contributed by atoms with Gasteiger partial charge in [-0.25, -0.2) is 0 Å². The Morgan fingerprint density at radius 3 is 2.30 bits per heavy atom. The van der Waals surface area contributed by atoms with Crippen molar-refractivity contribution in [3.8, 4) is 0 Å². The second kappa shape index (κ2) is 7.38. The number of hydrogen-bond donors (Lipinski definition) is 1. The minimum Gasteiger partial charge on any atom is -0.359 e. The minimum absolute atomic E-state index is 0.0666. The van der Waals surface area contributed by atoms with Gasteiger partial charge in [0.25, 0.3) is 10.1 Å². The highest BCUT2D eigenvalue weighted by atomic mass is 32.2. The molecule has 1 heterocycles. The summed E-state index contributed by atoms with van der Waals surface area (Å²) in [5.41, 5.74) is 2.36. The largest absolute Gasteiger partial charge is 0.359 e. The maximum Gasteiger partial charge on any atom is 0.294 e. The van der Waals surface area contributed by atoms with Crippen LogP contribution in [-0.2, 0) is 10.1 Å². The molecule has 0 spiro atoms. The first-order valence-electron chi connectivity index (χ1n) is 7.39. The Labute approximate surface area is 142 Å². The Morgan fingerprint density at radius 1 is 1.13 bits per heavy atom. The lowest BCUT2D eigenvalue weighted by Crippen LogP contribution is -2.25. The van der Waals surface area contributed by atoms with E-state index in [0.717, 1.165) is 12.1 Å². The van der Waals surface area contributed by atoms with Crippen molar-refractivity contribution < 1.29 is 13.0 Å². The third-order valence-corrected chi connectivity index (χ3v) is 5.63. The van der Waals surface area contributed by atoms with Gasteiger partial charge in [-0.15, -0.1) is 0 Å². The number of nitrogens with zero attached hydrogens (tertiary/aromatic N) is 1. The molecule has 3 rings (SSSR count). The Kier molecular flexibility index (Phi) is 5.73. The second-order valence-electron chi connectivity index (χ2n) is 5.26. The lowest BCUT2D eigenvalue weighted by atomic mass is 10.2. The molecule has 1 unspecified atom stereocenters. The fraction of sp³-hybridized carbons (Fsp3) is 0.294. The van der Waals surface area contributed by atoms with E-state index >= 15 is 0 Å². The van der Waals surface area contributed by atoms with Gasteiger partial charge in [0.2, 0.25) is 0 Å². The van der Waals surface area contributed by atoms with Gasteiger partial charge in [-0.05, 0) is 45.0 Å². The molecule has 0 radical (unpaired) electrons.